The first kappa shape index (κ1) is 19.1. The molecule has 0 aliphatic heterocycles. The highest BCUT2D eigenvalue weighted by molar-refractivity contribution is 7.91. The summed E-state index contributed by atoms with van der Waals surface area (Å²) in [7, 11) is -0.589. The first-order valence-corrected chi connectivity index (χ1v) is 9.48. The lowest BCUT2D eigenvalue weighted by atomic mass is 10.3. The second-order valence-corrected chi connectivity index (χ2v) is 8.03. The van der Waals surface area contributed by atoms with Gasteiger partial charge in [-0.25, -0.2) is 23.4 Å². The van der Waals surface area contributed by atoms with Gasteiger partial charge in [0, 0.05) is 14.1 Å². The van der Waals surface area contributed by atoms with E-state index in [-0.39, 0.29) is 27.8 Å². The molecule has 144 valence electrons. The average Bonchev–Trinajstić information content (AvgIpc) is 3.11. The van der Waals surface area contributed by atoms with Crippen LogP contribution in [0, 0.1) is 0 Å². The molecule has 7 nitrogen and oxygen atoms in total. The van der Waals surface area contributed by atoms with Crippen molar-refractivity contribution >= 4 is 26.9 Å². The van der Waals surface area contributed by atoms with Crippen LogP contribution in [-0.4, -0.2) is 38.3 Å². The third kappa shape index (κ3) is 3.01. The fraction of sp³-hybridized carbons (Fsp3) is 0.312. The van der Waals surface area contributed by atoms with E-state index in [0.717, 1.165) is 12.3 Å². The zero-order chi connectivity index (χ0) is 20.1. The molecule has 0 atom stereocenters. The predicted molar refractivity (Wildman–Crippen MR) is 93.5 cm³/mol. The number of aryl methyl sites for hydroxylation is 1. The van der Waals surface area contributed by atoms with E-state index in [0.29, 0.717) is 11.3 Å². The molecule has 0 bridgehead atoms. The highest BCUT2D eigenvalue weighted by Crippen LogP contribution is 2.33. The lowest BCUT2D eigenvalue weighted by Crippen LogP contribution is -2.11. The van der Waals surface area contributed by atoms with Gasteiger partial charge in [-0.3, -0.25) is 0 Å². The average molecular weight is 399 g/mol. The van der Waals surface area contributed by atoms with Crippen LogP contribution in [0.5, 0.6) is 0 Å². The number of rotatable bonds is 4. The number of fused-ring (bicyclic) bond motifs is 1. The fourth-order valence-corrected chi connectivity index (χ4v) is 3.99. The van der Waals surface area contributed by atoms with Crippen LogP contribution in [0.25, 0.3) is 28.6 Å². The Kier molecular flexibility index (Phi) is 4.37. The number of imidazole rings is 2. The number of sulfone groups is 1. The largest absolute Gasteiger partial charge is 0.433 e. The number of hydrogen-bond donors (Lipinski definition) is 0. The van der Waals surface area contributed by atoms with Crippen LogP contribution in [0.15, 0.2) is 23.9 Å². The van der Waals surface area contributed by atoms with E-state index in [4.69, 9.17) is 0 Å². The summed E-state index contributed by atoms with van der Waals surface area (Å²) in [5.74, 6) is 0.264. The Morgan fingerprint density at radius 3 is 2.44 bits per heavy atom. The molecule has 0 radical (unpaired) electrons. The van der Waals surface area contributed by atoms with E-state index in [9.17, 15) is 21.6 Å². The first-order chi connectivity index (χ1) is 12.5. The maximum absolute atomic E-state index is 12.9. The van der Waals surface area contributed by atoms with Crippen molar-refractivity contribution in [1.82, 2.24) is 24.1 Å². The zero-order valence-corrected chi connectivity index (χ0v) is 15.6. The van der Waals surface area contributed by atoms with Crippen molar-refractivity contribution in [3.8, 4) is 11.5 Å². The minimum absolute atomic E-state index is 0.0421. The van der Waals surface area contributed by atoms with Crippen molar-refractivity contribution < 1.29 is 21.6 Å². The molecule has 0 saturated heterocycles. The molecule has 0 amide bonds. The molecule has 0 spiro atoms. The third-order valence-electron chi connectivity index (χ3n) is 4.20. The monoisotopic (exact) mass is 399 g/mol. The third-order valence-corrected chi connectivity index (χ3v) is 6.02. The predicted octanol–water partition coefficient (Wildman–Crippen LogP) is 2.82. The lowest BCUT2D eigenvalue weighted by molar-refractivity contribution is -0.141. The normalized spacial score (nSPS) is 12.7. The van der Waals surface area contributed by atoms with Gasteiger partial charge in [-0.1, -0.05) is 13.5 Å². The maximum atomic E-state index is 12.9. The van der Waals surface area contributed by atoms with Crippen molar-refractivity contribution in [2.45, 2.75) is 18.1 Å². The molecule has 0 fully saturated rings. The summed E-state index contributed by atoms with van der Waals surface area (Å²) in [5, 5.41) is -0.0673. The summed E-state index contributed by atoms with van der Waals surface area (Å²) in [6.45, 7) is 5.11. The van der Waals surface area contributed by atoms with Crippen LogP contribution in [0.3, 0.4) is 0 Å². The Labute approximate surface area is 153 Å². The van der Waals surface area contributed by atoms with Gasteiger partial charge in [0.2, 0.25) is 0 Å². The van der Waals surface area contributed by atoms with Crippen molar-refractivity contribution in [1.29, 1.82) is 0 Å². The molecule has 3 heterocycles. The SMILES string of the molecule is C=Cc1nc(-c2nc3cc(C(F)(F)F)ncc3n2C)c(S(=O)(=O)CC)n1C. The Bertz CT molecular complexity index is 1160. The Morgan fingerprint density at radius 1 is 1.22 bits per heavy atom. The molecule has 3 aromatic heterocycles. The molecule has 0 N–H and O–H groups in total. The molecule has 3 rings (SSSR count). The summed E-state index contributed by atoms with van der Waals surface area (Å²) in [6.07, 6.45) is -2.16. The second-order valence-electron chi connectivity index (χ2n) is 5.84. The van der Waals surface area contributed by atoms with Crippen LogP contribution >= 0.6 is 0 Å². The number of aromatic nitrogens is 5. The van der Waals surface area contributed by atoms with E-state index in [1.54, 1.807) is 7.05 Å². The van der Waals surface area contributed by atoms with E-state index in [2.05, 4.69) is 21.5 Å². The summed E-state index contributed by atoms with van der Waals surface area (Å²) in [5.41, 5.74) is -0.653. The molecule has 0 aliphatic rings. The molecular weight excluding hydrogens is 383 g/mol. The van der Waals surface area contributed by atoms with Gasteiger partial charge in [0.15, 0.2) is 20.7 Å². The minimum atomic E-state index is -4.61. The van der Waals surface area contributed by atoms with E-state index in [1.807, 2.05) is 0 Å². The number of alkyl halides is 3. The summed E-state index contributed by atoms with van der Waals surface area (Å²) in [6, 6.07) is 0.824. The van der Waals surface area contributed by atoms with Gasteiger partial charge in [0.05, 0.1) is 23.0 Å². The van der Waals surface area contributed by atoms with Crippen molar-refractivity contribution in [2.75, 3.05) is 5.75 Å². The van der Waals surface area contributed by atoms with Gasteiger partial charge in [0.1, 0.15) is 17.2 Å². The van der Waals surface area contributed by atoms with Crippen molar-refractivity contribution in [3.05, 3.63) is 30.4 Å². The fourth-order valence-electron chi connectivity index (χ4n) is 2.78. The van der Waals surface area contributed by atoms with Crippen LogP contribution in [0.4, 0.5) is 13.2 Å². The Hall–Kier alpha value is -2.69. The van der Waals surface area contributed by atoms with Crippen LogP contribution < -0.4 is 0 Å². The van der Waals surface area contributed by atoms with Crippen LogP contribution in [0.1, 0.15) is 18.4 Å². The van der Waals surface area contributed by atoms with E-state index in [1.165, 1.54) is 29.2 Å². The molecule has 0 aliphatic carbocycles. The smallest absolute Gasteiger partial charge is 0.324 e. The number of halogens is 3. The molecule has 3 aromatic rings. The highest BCUT2D eigenvalue weighted by atomic mass is 32.2. The summed E-state index contributed by atoms with van der Waals surface area (Å²) in [4.78, 5) is 11.9. The number of nitrogens with zero attached hydrogens (tertiary/aromatic N) is 5. The summed E-state index contributed by atoms with van der Waals surface area (Å²) >= 11 is 0. The Balaban J connectivity index is 2.33. The standard InChI is InChI=1S/C16H16F3N5O2S/c1-5-12-22-13(15(24(12)4)27(25,26)6-2)14-21-9-7-11(16(17,18)19)20-8-10(9)23(14)3/h5,7-8H,1,6H2,2-4H3. The van der Waals surface area contributed by atoms with Gasteiger partial charge < -0.3 is 9.13 Å². The molecule has 11 heteroatoms. The molecule has 27 heavy (non-hydrogen) atoms. The molecule has 0 saturated carbocycles. The highest BCUT2D eigenvalue weighted by Gasteiger charge is 2.34. The molecular formula is C16H16F3N5O2S. The summed E-state index contributed by atoms with van der Waals surface area (Å²) < 4.78 is 66.7. The van der Waals surface area contributed by atoms with Crippen LogP contribution in [-0.2, 0) is 30.1 Å². The molecule has 0 aromatic carbocycles. The Morgan fingerprint density at radius 2 is 1.89 bits per heavy atom. The first-order valence-electron chi connectivity index (χ1n) is 7.83. The van der Waals surface area contributed by atoms with E-state index >= 15 is 0 Å². The van der Waals surface area contributed by atoms with Crippen molar-refractivity contribution in [2.24, 2.45) is 14.1 Å². The number of pyridine rings is 1. The van der Waals surface area contributed by atoms with Gasteiger partial charge in [-0.05, 0) is 12.1 Å². The van der Waals surface area contributed by atoms with Gasteiger partial charge in [-0.15, -0.1) is 0 Å². The van der Waals surface area contributed by atoms with Gasteiger partial charge in [0.25, 0.3) is 0 Å². The van der Waals surface area contributed by atoms with Gasteiger partial charge in [-0.2, -0.15) is 13.2 Å². The molecule has 0 unspecified atom stereocenters. The second kappa shape index (κ2) is 6.19. The topological polar surface area (TPSA) is 82.7 Å². The van der Waals surface area contributed by atoms with Gasteiger partial charge >= 0.3 is 6.18 Å². The number of hydrogen-bond acceptors (Lipinski definition) is 5. The zero-order valence-electron chi connectivity index (χ0n) is 14.7. The van der Waals surface area contributed by atoms with Crippen LogP contribution in [0.2, 0.25) is 0 Å². The van der Waals surface area contributed by atoms with E-state index < -0.39 is 21.7 Å². The quantitative estimate of drug-likeness (QED) is 0.674. The minimum Gasteiger partial charge on any atom is -0.324 e. The lowest BCUT2D eigenvalue weighted by Gasteiger charge is -2.06. The maximum Gasteiger partial charge on any atom is 0.433 e. The van der Waals surface area contributed by atoms with Crippen molar-refractivity contribution in [3.63, 3.8) is 0 Å².